The molecule has 1 saturated carbocycles. The maximum absolute atomic E-state index is 11.5. The van der Waals surface area contributed by atoms with E-state index in [0.29, 0.717) is 0 Å². The first kappa shape index (κ1) is 25.6. The average molecular weight is 493 g/mol. The molecule has 0 bridgehead atoms. The maximum atomic E-state index is 11.5. The van der Waals surface area contributed by atoms with E-state index in [0.717, 1.165) is 29.8 Å². The molecule has 0 heterocycles. The molecule has 4 heteroatoms. The Labute approximate surface area is 218 Å². The van der Waals surface area contributed by atoms with E-state index in [1.807, 2.05) is 61.0 Å². The molecule has 1 aliphatic carbocycles. The van der Waals surface area contributed by atoms with Crippen molar-refractivity contribution in [2.75, 3.05) is 12.9 Å². The number of nitrogens with one attached hydrogen (secondary N) is 1. The van der Waals surface area contributed by atoms with Gasteiger partial charge in [-0.1, -0.05) is 110 Å². The summed E-state index contributed by atoms with van der Waals surface area (Å²) in [6, 6.07) is 35.3. The van der Waals surface area contributed by atoms with Crippen LogP contribution in [-0.2, 0) is 10.2 Å². The summed E-state index contributed by atoms with van der Waals surface area (Å²) in [6.45, 7) is 5.73. The van der Waals surface area contributed by atoms with Crippen molar-refractivity contribution in [3.63, 3.8) is 0 Å². The minimum Gasteiger partial charge on any atom is -0.311 e. The van der Waals surface area contributed by atoms with Crippen LogP contribution in [0.4, 0.5) is 0 Å². The van der Waals surface area contributed by atoms with Crippen molar-refractivity contribution in [1.82, 2.24) is 5.32 Å². The van der Waals surface area contributed by atoms with Crippen LogP contribution in [0.15, 0.2) is 114 Å². The minimum absolute atomic E-state index is 0.128. The molecular weight excluding hydrogens is 460 g/mol. The van der Waals surface area contributed by atoms with E-state index < -0.39 is 0 Å². The van der Waals surface area contributed by atoms with Crippen molar-refractivity contribution in [3.8, 4) is 0 Å². The molecule has 0 aliphatic heterocycles. The van der Waals surface area contributed by atoms with Gasteiger partial charge in [0.2, 0.25) is 0 Å². The number of nitrogens with zero attached hydrogens (tertiary/aromatic N) is 1. The zero-order chi connectivity index (χ0) is 25.4. The standard InChI is InChI=1S/C17H16O.C15H16N2S/c1-16(13-18)12-17(16,14-8-4-2-5-9-14)15-10-6-3-7-11-15;1-16-11-18-10-15(17-2)14-9-5-7-12-6-3-4-8-13(12)14/h2-11,13H,12H2,1H3;3-10,16H,2,11H2,1H3/b;15-10-. The molecule has 0 radical (unpaired) electrons. The molecule has 4 aromatic rings. The van der Waals surface area contributed by atoms with Crippen molar-refractivity contribution >= 4 is 41.2 Å². The molecule has 0 amide bonds. The molecule has 1 atom stereocenters. The number of fused-ring (bicyclic) bond motifs is 1. The molecule has 3 nitrogen and oxygen atoms in total. The maximum Gasteiger partial charge on any atom is 0.127 e. The van der Waals surface area contributed by atoms with Crippen LogP contribution in [0.3, 0.4) is 0 Å². The molecule has 0 aromatic heterocycles. The lowest BCUT2D eigenvalue weighted by Gasteiger charge is -2.21. The fraction of sp³-hybridized carbons (Fsp3) is 0.188. The Morgan fingerprint density at radius 3 is 2.06 bits per heavy atom. The van der Waals surface area contributed by atoms with Crippen molar-refractivity contribution < 1.29 is 4.79 Å². The topological polar surface area (TPSA) is 41.5 Å². The molecule has 0 spiro atoms. The summed E-state index contributed by atoms with van der Waals surface area (Å²) < 4.78 is 0. The molecule has 1 aliphatic rings. The molecule has 182 valence electrons. The summed E-state index contributed by atoms with van der Waals surface area (Å²) >= 11 is 1.68. The third kappa shape index (κ3) is 5.06. The number of hydrogen-bond acceptors (Lipinski definition) is 4. The number of benzene rings is 4. The second-order valence-corrected chi connectivity index (χ2v) is 10.1. The molecule has 5 rings (SSSR count). The summed E-state index contributed by atoms with van der Waals surface area (Å²) in [5.74, 6) is 0.865. The van der Waals surface area contributed by atoms with Gasteiger partial charge in [-0.25, -0.2) is 0 Å². The van der Waals surface area contributed by atoms with Gasteiger partial charge in [0, 0.05) is 22.3 Å². The summed E-state index contributed by atoms with van der Waals surface area (Å²) in [5, 5.41) is 7.58. The van der Waals surface area contributed by atoms with E-state index in [2.05, 4.69) is 78.5 Å². The van der Waals surface area contributed by atoms with Crippen LogP contribution in [0.25, 0.3) is 16.5 Å². The highest BCUT2D eigenvalue weighted by Gasteiger charge is 2.66. The van der Waals surface area contributed by atoms with E-state index in [9.17, 15) is 4.79 Å². The van der Waals surface area contributed by atoms with E-state index in [4.69, 9.17) is 0 Å². The van der Waals surface area contributed by atoms with Gasteiger partial charge in [-0.05, 0) is 47.5 Å². The smallest absolute Gasteiger partial charge is 0.127 e. The van der Waals surface area contributed by atoms with Gasteiger partial charge in [0.25, 0.3) is 0 Å². The third-order valence-corrected chi connectivity index (χ3v) is 7.78. The second kappa shape index (κ2) is 11.5. The summed E-state index contributed by atoms with van der Waals surface area (Å²) in [4.78, 5) is 15.6. The van der Waals surface area contributed by atoms with Crippen LogP contribution < -0.4 is 5.32 Å². The zero-order valence-corrected chi connectivity index (χ0v) is 21.7. The van der Waals surface area contributed by atoms with E-state index >= 15 is 0 Å². The summed E-state index contributed by atoms with van der Waals surface area (Å²) in [6.07, 6.45) is 2.02. The predicted octanol–water partition coefficient (Wildman–Crippen LogP) is 7.33. The zero-order valence-electron chi connectivity index (χ0n) is 20.9. The van der Waals surface area contributed by atoms with Gasteiger partial charge in [0.1, 0.15) is 6.29 Å². The first-order valence-corrected chi connectivity index (χ1v) is 13.1. The SMILES string of the molecule is C=N/C(=C\SCNC)c1cccc2ccccc12.CC1(C=O)CC1(c1ccccc1)c1ccccc1. The first-order valence-electron chi connectivity index (χ1n) is 12.1. The number of thioether (sulfide) groups is 1. The third-order valence-electron chi connectivity index (χ3n) is 6.93. The molecule has 1 unspecified atom stereocenters. The lowest BCUT2D eigenvalue weighted by atomic mass is 9.81. The van der Waals surface area contributed by atoms with E-state index in [1.54, 1.807) is 11.8 Å². The first-order chi connectivity index (χ1) is 17.6. The Morgan fingerprint density at radius 2 is 1.50 bits per heavy atom. The Morgan fingerprint density at radius 1 is 0.917 bits per heavy atom. The summed E-state index contributed by atoms with van der Waals surface area (Å²) in [7, 11) is 1.93. The highest BCUT2D eigenvalue weighted by molar-refractivity contribution is 8.02. The van der Waals surface area contributed by atoms with Crippen LogP contribution >= 0.6 is 11.8 Å². The Balaban J connectivity index is 0.000000169. The van der Waals surface area contributed by atoms with Crippen molar-refractivity contribution in [2.45, 2.75) is 18.8 Å². The molecular formula is C32H32N2OS. The Kier molecular flexibility index (Phi) is 8.19. The van der Waals surface area contributed by atoms with E-state index in [1.165, 1.54) is 21.9 Å². The number of carbonyl (C=O) groups excluding carboxylic acids is 1. The largest absolute Gasteiger partial charge is 0.311 e. The number of carbonyl (C=O) groups is 1. The lowest BCUT2D eigenvalue weighted by Crippen LogP contribution is -2.19. The quantitative estimate of drug-likeness (QED) is 0.121. The van der Waals surface area contributed by atoms with Gasteiger partial charge in [-0.2, -0.15) is 0 Å². The van der Waals surface area contributed by atoms with Crippen molar-refractivity contribution in [2.24, 2.45) is 10.4 Å². The average Bonchev–Trinajstić information content (AvgIpc) is 3.59. The lowest BCUT2D eigenvalue weighted by molar-refractivity contribution is -0.112. The minimum atomic E-state index is -0.268. The number of hydrogen-bond donors (Lipinski definition) is 1. The number of aliphatic imine (C=N–C) groups is 1. The van der Waals surface area contributed by atoms with Crippen LogP contribution in [0.5, 0.6) is 0 Å². The van der Waals surface area contributed by atoms with Gasteiger partial charge < -0.3 is 10.1 Å². The van der Waals surface area contributed by atoms with Crippen LogP contribution in [0, 0.1) is 5.41 Å². The monoisotopic (exact) mass is 492 g/mol. The van der Waals surface area contributed by atoms with Crippen LogP contribution in [-0.4, -0.2) is 25.9 Å². The van der Waals surface area contributed by atoms with Crippen LogP contribution in [0.2, 0.25) is 0 Å². The van der Waals surface area contributed by atoms with E-state index in [-0.39, 0.29) is 10.8 Å². The highest BCUT2D eigenvalue weighted by Crippen LogP contribution is 2.66. The molecule has 0 saturated heterocycles. The normalized spacial score (nSPS) is 18.1. The summed E-state index contributed by atoms with van der Waals surface area (Å²) in [5.41, 5.74) is 4.14. The molecule has 1 N–H and O–H groups in total. The van der Waals surface area contributed by atoms with Crippen molar-refractivity contribution in [1.29, 1.82) is 0 Å². The molecule has 1 fully saturated rings. The second-order valence-electron chi connectivity index (χ2n) is 9.20. The van der Waals surface area contributed by atoms with Gasteiger partial charge in [0.15, 0.2) is 0 Å². The molecule has 36 heavy (non-hydrogen) atoms. The highest BCUT2D eigenvalue weighted by atomic mass is 32.2. The fourth-order valence-electron chi connectivity index (χ4n) is 4.96. The predicted molar refractivity (Wildman–Crippen MR) is 155 cm³/mol. The van der Waals surface area contributed by atoms with Crippen LogP contribution in [0.1, 0.15) is 30.0 Å². The Bertz CT molecular complexity index is 1310. The van der Waals surface area contributed by atoms with Gasteiger partial charge in [-0.3, -0.25) is 4.99 Å². The van der Waals surface area contributed by atoms with Gasteiger partial charge in [0.05, 0.1) is 5.70 Å². The fourth-order valence-corrected chi connectivity index (χ4v) is 5.57. The Hall–Kier alpha value is -3.47. The number of rotatable bonds is 8. The van der Waals surface area contributed by atoms with Gasteiger partial charge >= 0.3 is 0 Å². The van der Waals surface area contributed by atoms with Crippen molar-refractivity contribution in [3.05, 3.63) is 125 Å². The number of aldehydes is 1. The van der Waals surface area contributed by atoms with Gasteiger partial charge in [-0.15, -0.1) is 11.8 Å². The molecule has 4 aromatic carbocycles.